The van der Waals surface area contributed by atoms with Gasteiger partial charge < -0.3 is 11.1 Å². The van der Waals surface area contributed by atoms with E-state index in [4.69, 9.17) is 5.73 Å². The van der Waals surface area contributed by atoms with Gasteiger partial charge in [0.1, 0.15) is 0 Å². The highest BCUT2D eigenvalue weighted by Crippen LogP contribution is 2.06. The quantitative estimate of drug-likeness (QED) is 0.773. The molecule has 0 fully saturated rings. The zero-order valence-electron chi connectivity index (χ0n) is 10.6. The first-order valence-electron chi connectivity index (χ1n) is 5.80. The monoisotopic (exact) mass is 222 g/mol. The minimum atomic E-state index is -0.0633. The number of nitrogens with two attached hydrogens (primary N) is 1. The van der Waals surface area contributed by atoms with E-state index < -0.39 is 0 Å². The van der Waals surface area contributed by atoms with E-state index in [1.54, 1.807) is 24.3 Å². The van der Waals surface area contributed by atoms with Crippen molar-refractivity contribution in [2.75, 3.05) is 5.73 Å². The highest BCUT2D eigenvalue weighted by atomic mass is 16.1. The van der Waals surface area contributed by atoms with E-state index in [0.717, 1.165) is 6.42 Å². The molecule has 0 aliphatic heterocycles. The summed E-state index contributed by atoms with van der Waals surface area (Å²) in [5.74, 6) is -0.0633. The molecular weight excluding hydrogens is 200 g/mol. The Labute approximate surface area is 98.0 Å². The normalized spacial score (nSPS) is 11.0. The Hall–Kier alpha value is -1.51. The number of hydrogen-bond acceptors (Lipinski definition) is 2. The van der Waals surface area contributed by atoms with Gasteiger partial charge in [0.25, 0.3) is 5.91 Å². The lowest BCUT2D eigenvalue weighted by molar-refractivity contribution is 0.0939. The van der Waals surface area contributed by atoms with Crippen LogP contribution in [0, 0.1) is 0 Å². The maximum absolute atomic E-state index is 11.6. The van der Waals surface area contributed by atoms with Crippen LogP contribution in [0.25, 0.3) is 0 Å². The lowest BCUT2D eigenvalue weighted by Gasteiger charge is -2.11. The molecule has 3 N–H and O–H groups in total. The zero-order valence-corrected chi connectivity index (χ0v) is 10.6. The van der Waals surface area contributed by atoms with Crippen LogP contribution in [0.3, 0.4) is 0 Å². The number of hydrogen-bond donors (Lipinski definition) is 2. The Morgan fingerprint density at radius 1 is 1.44 bits per heavy atom. The van der Waals surface area contributed by atoms with Gasteiger partial charge in [-0.3, -0.25) is 4.79 Å². The van der Waals surface area contributed by atoms with Crippen LogP contribution >= 0.6 is 0 Å². The number of nitrogens with one attached hydrogen (secondary N) is 1. The van der Waals surface area contributed by atoms with Crippen molar-refractivity contribution in [2.24, 2.45) is 0 Å². The van der Waals surface area contributed by atoms with Crippen molar-refractivity contribution in [2.45, 2.75) is 40.2 Å². The Morgan fingerprint density at radius 3 is 2.56 bits per heavy atom. The molecule has 1 aromatic rings. The van der Waals surface area contributed by atoms with Gasteiger partial charge in [-0.15, -0.1) is 0 Å². The molecule has 0 aliphatic rings. The molecule has 16 heavy (non-hydrogen) atoms. The van der Waals surface area contributed by atoms with E-state index in [2.05, 4.69) is 5.32 Å². The number of nitrogen functional groups attached to an aromatic ring is 1. The Kier molecular flexibility index (Phi) is 7.01. The molecule has 0 saturated heterocycles. The number of amides is 1. The van der Waals surface area contributed by atoms with Gasteiger partial charge in [-0.05, 0) is 31.5 Å². The molecule has 0 aliphatic carbocycles. The summed E-state index contributed by atoms with van der Waals surface area (Å²) in [4.78, 5) is 11.6. The maximum Gasteiger partial charge on any atom is 0.251 e. The highest BCUT2D eigenvalue weighted by molar-refractivity contribution is 5.95. The summed E-state index contributed by atoms with van der Waals surface area (Å²) in [5.41, 5.74) is 6.81. The first-order chi connectivity index (χ1) is 7.63. The van der Waals surface area contributed by atoms with E-state index in [-0.39, 0.29) is 11.9 Å². The molecule has 0 aromatic heterocycles. The molecule has 0 bridgehead atoms. The van der Waals surface area contributed by atoms with Crippen LogP contribution in [-0.2, 0) is 0 Å². The second-order valence-corrected chi connectivity index (χ2v) is 3.41. The van der Waals surface area contributed by atoms with Gasteiger partial charge in [-0.1, -0.05) is 26.8 Å². The maximum atomic E-state index is 11.6. The van der Waals surface area contributed by atoms with Gasteiger partial charge in [-0.25, -0.2) is 0 Å². The molecule has 1 aromatic carbocycles. The summed E-state index contributed by atoms with van der Waals surface area (Å²) >= 11 is 0. The van der Waals surface area contributed by atoms with Gasteiger partial charge in [-0.2, -0.15) is 0 Å². The third-order valence-corrected chi connectivity index (χ3v) is 2.14. The van der Waals surface area contributed by atoms with Gasteiger partial charge >= 0.3 is 0 Å². The van der Waals surface area contributed by atoms with Gasteiger partial charge in [0.15, 0.2) is 0 Å². The van der Waals surface area contributed by atoms with Gasteiger partial charge in [0, 0.05) is 17.3 Å². The minimum Gasteiger partial charge on any atom is -0.399 e. The molecule has 0 heterocycles. The molecule has 1 atom stereocenters. The van der Waals surface area contributed by atoms with E-state index >= 15 is 0 Å². The van der Waals surface area contributed by atoms with Crippen molar-refractivity contribution < 1.29 is 4.79 Å². The fraction of sp³-hybridized carbons (Fsp3) is 0.462. The van der Waals surface area contributed by atoms with Crippen LogP contribution in [0.15, 0.2) is 24.3 Å². The van der Waals surface area contributed by atoms with E-state index in [0.29, 0.717) is 11.3 Å². The number of rotatable bonds is 3. The third kappa shape index (κ3) is 4.82. The van der Waals surface area contributed by atoms with Gasteiger partial charge in [0.2, 0.25) is 0 Å². The average Bonchev–Trinajstić information content (AvgIpc) is 2.31. The number of carbonyl (C=O) groups is 1. The summed E-state index contributed by atoms with van der Waals surface area (Å²) in [6.45, 7) is 8.01. The SMILES string of the molecule is CC.CCC(C)NC(=O)c1cccc(N)c1. The van der Waals surface area contributed by atoms with Crippen LogP contribution in [-0.4, -0.2) is 11.9 Å². The average molecular weight is 222 g/mol. The van der Waals surface area contributed by atoms with Crippen LogP contribution < -0.4 is 11.1 Å². The molecule has 0 spiro atoms. The number of carbonyl (C=O) groups excluding carboxylic acids is 1. The minimum absolute atomic E-state index is 0.0633. The van der Waals surface area contributed by atoms with E-state index in [1.165, 1.54) is 0 Å². The Balaban J connectivity index is 0.00000106. The second-order valence-electron chi connectivity index (χ2n) is 3.41. The Morgan fingerprint density at radius 2 is 2.06 bits per heavy atom. The lowest BCUT2D eigenvalue weighted by atomic mass is 10.1. The van der Waals surface area contributed by atoms with Crippen molar-refractivity contribution in [1.29, 1.82) is 0 Å². The molecule has 0 radical (unpaired) electrons. The topological polar surface area (TPSA) is 55.1 Å². The highest BCUT2D eigenvalue weighted by Gasteiger charge is 2.07. The molecule has 3 heteroatoms. The summed E-state index contributed by atoms with van der Waals surface area (Å²) in [6.07, 6.45) is 0.925. The first-order valence-corrected chi connectivity index (χ1v) is 5.80. The number of anilines is 1. The molecule has 1 unspecified atom stereocenters. The van der Waals surface area contributed by atoms with Crippen molar-refractivity contribution in [3.05, 3.63) is 29.8 Å². The largest absolute Gasteiger partial charge is 0.399 e. The standard InChI is InChI=1S/C11H16N2O.C2H6/c1-3-8(2)13-11(14)9-5-4-6-10(12)7-9;1-2/h4-8H,3,12H2,1-2H3,(H,13,14);1-2H3. The van der Waals surface area contributed by atoms with E-state index in [1.807, 2.05) is 27.7 Å². The molecule has 3 nitrogen and oxygen atoms in total. The fourth-order valence-electron chi connectivity index (χ4n) is 1.09. The summed E-state index contributed by atoms with van der Waals surface area (Å²) in [7, 11) is 0. The third-order valence-electron chi connectivity index (χ3n) is 2.14. The van der Waals surface area contributed by atoms with E-state index in [9.17, 15) is 4.79 Å². The van der Waals surface area contributed by atoms with Crippen molar-refractivity contribution in [3.8, 4) is 0 Å². The first kappa shape index (κ1) is 14.5. The van der Waals surface area contributed by atoms with Crippen molar-refractivity contribution >= 4 is 11.6 Å². The number of benzene rings is 1. The predicted molar refractivity (Wildman–Crippen MR) is 69.4 cm³/mol. The zero-order chi connectivity index (χ0) is 12.6. The Bertz CT molecular complexity index is 323. The molecule has 1 amide bonds. The van der Waals surface area contributed by atoms with Crippen LogP contribution in [0.4, 0.5) is 5.69 Å². The van der Waals surface area contributed by atoms with Crippen molar-refractivity contribution in [3.63, 3.8) is 0 Å². The van der Waals surface area contributed by atoms with Crippen LogP contribution in [0.2, 0.25) is 0 Å². The molecule has 90 valence electrons. The lowest BCUT2D eigenvalue weighted by Crippen LogP contribution is -2.31. The summed E-state index contributed by atoms with van der Waals surface area (Å²) < 4.78 is 0. The second kappa shape index (κ2) is 7.74. The molecule has 0 saturated carbocycles. The van der Waals surface area contributed by atoms with Crippen LogP contribution in [0.5, 0.6) is 0 Å². The summed E-state index contributed by atoms with van der Waals surface area (Å²) in [6, 6.07) is 7.18. The van der Waals surface area contributed by atoms with Crippen LogP contribution in [0.1, 0.15) is 44.5 Å². The van der Waals surface area contributed by atoms with Gasteiger partial charge in [0.05, 0.1) is 0 Å². The molecule has 1 rings (SSSR count). The predicted octanol–water partition coefficient (Wildman–Crippen LogP) is 2.82. The molecular formula is C13H22N2O. The smallest absolute Gasteiger partial charge is 0.251 e. The van der Waals surface area contributed by atoms with Crippen molar-refractivity contribution in [1.82, 2.24) is 5.32 Å². The fourth-order valence-corrected chi connectivity index (χ4v) is 1.09. The summed E-state index contributed by atoms with van der Waals surface area (Å²) in [5, 5.41) is 2.88.